The van der Waals surface area contributed by atoms with Crippen molar-refractivity contribution in [1.82, 2.24) is 24.6 Å². The van der Waals surface area contributed by atoms with Gasteiger partial charge in [-0.15, -0.1) is 10.2 Å². The Morgan fingerprint density at radius 2 is 1.98 bits per heavy atom. The van der Waals surface area contributed by atoms with E-state index in [1.54, 1.807) is 28.5 Å². The van der Waals surface area contributed by atoms with Crippen LogP contribution >= 0.6 is 0 Å². The van der Waals surface area contributed by atoms with Crippen LogP contribution in [0.3, 0.4) is 0 Å². The van der Waals surface area contributed by atoms with Crippen LogP contribution in [0, 0.1) is 5.92 Å². The molecule has 1 aromatic carbocycles. The van der Waals surface area contributed by atoms with Crippen LogP contribution in [0.1, 0.15) is 56.3 Å². The maximum Gasteiger partial charge on any atom is 0.418 e. The highest BCUT2D eigenvalue weighted by Gasteiger charge is 2.43. The molecule has 6 nitrogen and oxygen atoms in total. The molecule has 0 bridgehead atoms. The summed E-state index contributed by atoms with van der Waals surface area (Å²) >= 11 is 0. The Morgan fingerprint density at radius 1 is 1.20 bits per heavy atom. The van der Waals surface area contributed by atoms with Crippen molar-refractivity contribution in [3.8, 4) is 0 Å². The van der Waals surface area contributed by atoms with Gasteiger partial charge in [-0.1, -0.05) is 44.2 Å². The second-order valence-electron chi connectivity index (χ2n) is 11.1. The van der Waals surface area contributed by atoms with Crippen molar-refractivity contribution in [2.45, 2.75) is 51.1 Å². The van der Waals surface area contributed by atoms with E-state index in [0.717, 1.165) is 54.9 Å². The molecule has 212 valence electrons. The summed E-state index contributed by atoms with van der Waals surface area (Å²) in [7, 11) is 3.87. The molecule has 0 radical (unpaired) electrons. The van der Waals surface area contributed by atoms with Crippen molar-refractivity contribution in [2.24, 2.45) is 13.0 Å². The molecule has 0 saturated heterocycles. The van der Waals surface area contributed by atoms with Crippen LogP contribution in [-0.2, 0) is 7.05 Å². The summed E-state index contributed by atoms with van der Waals surface area (Å²) in [6.45, 7) is 11.4. The zero-order valence-corrected chi connectivity index (χ0v) is 23.5. The number of fused-ring (bicyclic) bond motifs is 1. The van der Waals surface area contributed by atoms with Crippen LogP contribution in [0.15, 0.2) is 90.5 Å². The Bertz CT molecular complexity index is 1380. The summed E-state index contributed by atoms with van der Waals surface area (Å²) in [4.78, 5) is 5.34. The fraction of sp³-hybridized carbons (Fsp3) is 0.419. The third-order valence-corrected chi connectivity index (χ3v) is 8.23. The summed E-state index contributed by atoms with van der Waals surface area (Å²) in [5.74, 6) is 1.89. The summed E-state index contributed by atoms with van der Waals surface area (Å²) in [5.41, 5.74) is 2.97. The number of benzene rings is 1. The average Bonchev–Trinajstić information content (AvgIpc) is 3.46. The Hall–Kier alpha value is -3.59. The summed E-state index contributed by atoms with van der Waals surface area (Å²) in [5, 5.41) is 8.50. The minimum absolute atomic E-state index is 0.0729. The van der Waals surface area contributed by atoms with Crippen LogP contribution in [0.5, 0.6) is 0 Å². The van der Waals surface area contributed by atoms with Crippen molar-refractivity contribution < 1.29 is 13.2 Å². The van der Waals surface area contributed by atoms with Crippen LogP contribution in [0.4, 0.5) is 18.9 Å². The van der Waals surface area contributed by atoms with Gasteiger partial charge >= 0.3 is 6.18 Å². The predicted octanol–water partition coefficient (Wildman–Crippen LogP) is 6.86. The summed E-state index contributed by atoms with van der Waals surface area (Å²) in [6.07, 6.45) is 6.92. The molecule has 2 aromatic rings. The lowest BCUT2D eigenvalue weighted by Gasteiger charge is -2.34. The standard InChI is InChI=1S/C31H37F3N6/c1-6-21(2)13-14-37(4)17-23-15-27(31(32,33)34)28-19-39(22(3)40(28)18-23)26-12-8-11-25(16-26)29(24-9-7-10-24)30-36-35-20-38(30)5/h8,11-12,15-16,18-20,24,29H,2-3,6-7,9-10,13-14,17H2,1,4-5H3. The molecule has 1 saturated carbocycles. The molecule has 9 heteroatoms. The third-order valence-electron chi connectivity index (χ3n) is 8.23. The first kappa shape index (κ1) is 28.0. The van der Waals surface area contributed by atoms with Gasteiger partial charge in [-0.05, 0) is 68.0 Å². The highest BCUT2D eigenvalue weighted by molar-refractivity contribution is 5.64. The number of aromatic nitrogens is 3. The first-order valence-corrected chi connectivity index (χ1v) is 13.8. The molecule has 2 aliphatic heterocycles. The number of alkyl halides is 3. The SMILES string of the molecule is C=C(CC)CCN(C)CC1=CN2C(=C)N(c3cccc(C(c4nncn4C)C4CCC4)c3)C=C2C(C(F)(F)F)=C1. The largest absolute Gasteiger partial charge is 0.418 e. The number of hydrogen-bond donors (Lipinski definition) is 0. The Balaban J connectivity index is 1.44. The maximum absolute atomic E-state index is 14.3. The monoisotopic (exact) mass is 550 g/mol. The first-order chi connectivity index (χ1) is 19.1. The van der Waals surface area contributed by atoms with Gasteiger partial charge in [0.2, 0.25) is 0 Å². The number of aryl methyl sites for hydroxylation is 1. The van der Waals surface area contributed by atoms with Crippen molar-refractivity contribution in [2.75, 3.05) is 25.0 Å². The smallest absolute Gasteiger partial charge is 0.320 e. The molecule has 1 aliphatic carbocycles. The average molecular weight is 551 g/mol. The molecule has 0 amide bonds. The molecule has 5 rings (SSSR count). The fourth-order valence-corrected chi connectivity index (χ4v) is 5.62. The summed E-state index contributed by atoms with van der Waals surface area (Å²) < 4.78 is 44.8. The Morgan fingerprint density at radius 3 is 2.60 bits per heavy atom. The number of halogens is 3. The molecular weight excluding hydrogens is 513 g/mol. The van der Waals surface area contributed by atoms with Gasteiger partial charge in [-0.25, -0.2) is 0 Å². The van der Waals surface area contributed by atoms with Crippen LogP contribution < -0.4 is 4.90 Å². The van der Waals surface area contributed by atoms with Crippen molar-refractivity contribution in [3.63, 3.8) is 0 Å². The Kier molecular flexibility index (Phi) is 7.77. The van der Waals surface area contributed by atoms with Crippen LogP contribution in [-0.4, -0.2) is 50.9 Å². The van der Waals surface area contributed by atoms with E-state index < -0.39 is 11.7 Å². The van der Waals surface area contributed by atoms with E-state index in [4.69, 9.17) is 0 Å². The lowest BCUT2D eigenvalue weighted by atomic mass is 9.72. The number of hydrogen-bond acceptors (Lipinski definition) is 5. The van der Waals surface area contributed by atoms with E-state index in [9.17, 15) is 13.2 Å². The summed E-state index contributed by atoms with van der Waals surface area (Å²) in [6, 6.07) is 7.99. The number of rotatable bonds is 10. The lowest BCUT2D eigenvalue weighted by Crippen LogP contribution is -2.29. The van der Waals surface area contributed by atoms with Gasteiger partial charge in [0.15, 0.2) is 0 Å². The van der Waals surface area contributed by atoms with Crippen LogP contribution in [0.2, 0.25) is 0 Å². The zero-order chi connectivity index (χ0) is 28.6. The van der Waals surface area contributed by atoms with E-state index >= 15 is 0 Å². The molecule has 0 spiro atoms. The van der Waals surface area contributed by atoms with Gasteiger partial charge < -0.3 is 19.3 Å². The second kappa shape index (κ2) is 11.1. The van der Waals surface area contributed by atoms with Crippen molar-refractivity contribution in [1.29, 1.82) is 0 Å². The highest BCUT2D eigenvalue weighted by Crippen LogP contribution is 2.46. The van der Waals surface area contributed by atoms with Crippen molar-refractivity contribution >= 4 is 5.69 Å². The fourth-order valence-electron chi connectivity index (χ4n) is 5.62. The molecule has 0 N–H and O–H groups in total. The van der Waals surface area contributed by atoms with Crippen LogP contribution in [0.25, 0.3) is 0 Å². The predicted molar refractivity (Wildman–Crippen MR) is 152 cm³/mol. The molecule has 3 heterocycles. The maximum atomic E-state index is 14.3. The second-order valence-corrected chi connectivity index (χ2v) is 11.1. The van der Waals surface area contributed by atoms with E-state index in [1.165, 1.54) is 12.5 Å². The van der Waals surface area contributed by atoms with E-state index in [-0.39, 0.29) is 11.6 Å². The highest BCUT2D eigenvalue weighted by atomic mass is 19.4. The van der Waals surface area contributed by atoms with Gasteiger partial charge in [0.05, 0.1) is 11.3 Å². The van der Waals surface area contributed by atoms with Gasteiger partial charge in [-0.3, -0.25) is 0 Å². The number of likely N-dealkylation sites (N-methyl/N-ethyl adjacent to an activating group) is 1. The topological polar surface area (TPSA) is 40.4 Å². The first-order valence-electron chi connectivity index (χ1n) is 13.8. The molecule has 1 atom stereocenters. The van der Waals surface area contributed by atoms with E-state index in [0.29, 0.717) is 23.9 Å². The van der Waals surface area contributed by atoms with Crippen molar-refractivity contribution in [3.05, 3.63) is 102 Å². The minimum Gasteiger partial charge on any atom is -0.320 e. The lowest BCUT2D eigenvalue weighted by molar-refractivity contribution is -0.0909. The number of allylic oxidation sites excluding steroid dienone is 1. The molecule has 1 aromatic heterocycles. The third kappa shape index (κ3) is 5.52. The Labute approximate surface area is 234 Å². The van der Waals surface area contributed by atoms with Gasteiger partial charge in [0.25, 0.3) is 0 Å². The van der Waals surface area contributed by atoms with E-state index in [2.05, 4.69) is 36.3 Å². The molecular formula is C31H37F3N6. The number of nitrogens with zero attached hydrogens (tertiary/aromatic N) is 6. The quantitative estimate of drug-likeness (QED) is 0.303. The van der Waals surface area contributed by atoms with Gasteiger partial charge in [0.1, 0.15) is 18.0 Å². The number of anilines is 1. The molecule has 1 fully saturated rings. The molecule has 1 unspecified atom stereocenters. The van der Waals surface area contributed by atoms with Gasteiger partial charge in [-0.2, -0.15) is 13.2 Å². The van der Waals surface area contributed by atoms with E-state index in [1.807, 2.05) is 41.8 Å². The van der Waals surface area contributed by atoms with Gasteiger partial charge in [0, 0.05) is 44.1 Å². The molecule has 3 aliphatic rings. The minimum atomic E-state index is -4.50. The molecule has 40 heavy (non-hydrogen) atoms. The normalized spacial score (nSPS) is 18.4. The zero-order valence-electron chi connectivity index (χ0n) is 23.5.